The van der Waals surface area contributed by atoms with Crippen molar-refractivity contribution in [3.05, 3.63) is 43.0 Å². The van der Waals surface area contributed by atoms with Crippen molar-refractivity contribution in [3.63, 3.8) is 0 Å². The van der Waals surface area contributed by atoms with Crippen LogP contribution in [0, 0.1) is 0 Å². The molecule has 112 valence electrons. The highest BCUT2D eigenvalue weighted by Gasteiger charge is 2.21. The van der Waals surface area contributed by atoms with Crippen LogP contribution in [0.1, 0.15) is 9.67 Å². The number of aromatic carboxylic acids is 1. The molecule has 0 aliphatic rings. The molecule has 0 saturated heterocycles. The summed E-state index contributed by atoms with van der Waals surface area (Å²) in [6.45, 7) is 0. The molecule has 2 rings (SSSR count). The fourth-order valence-corrected chi connectivity index (χ4v) is 5.03. The molecule has 1 aromatic carbocycles. The average Bonchev–Trinajstić information content (AvgIpc) is 2.84. The number of nitrogens with one attached hydrogen (secondary N) is 1. The van der Waals surface area contributed by atoms with E-state index in [-0.39, 0.29) is 25.5 Å². The molecule has 1 aromatic heterocycles. The molecule has 0 atom stereocenters. The Labute approximate surface area is 142 Å². The second-order valence-electron chi connectivity index (χ2n) is 3.80. The van der Waals surface area contributed by atoms with Crippen LogP contribution in [0.15, 0.2) is 32.9 Å². The van der Waals surface area contributed by atoms with E-state index in [9.17, 15) is 13.2 Å². The van der Waals surface area contributed by atoms with Gasteiger partial charge in [0.05, 0.1) is 20.6 Å². The highest BCUT2D eigenvalue weighted by molar-refractivity contribution is 9.10. The van der Waals surface area contributed by atoms with Crippen molar-refractivity contribution in [1.82, 2.24) is 0 Å². The molecule has 5 nitrogen and oxygen atoms in total. The molecule has 0 spiro atoms. The van der Waals surface area contributed by atoms with Crippen LogP contribution < -0.4 is 4.72 Å². The Morgan fingerprint density at radius 1 is 1.24 bits per heavy atom. The van der Waals surface area contributed by atoms with Gasteiger partial charge in [0, 0.05) is 9.85 Å². The fraction of sp³-hybridized carbons (Fsp3) is 0. The smallest absolute Gasteiger partial charge is 0.345 e. The molecule has 2 aromatic rings. The van der Waals surface area contributed by atoms with Crippen LogP contribution in [-0.4, -0.2) is 19.5 Å². The van der Waals surface area contributed by atoms with E-state index in [1.165, 1.54) is 17.5 Å². The lowest BCUT2D eigenvalue weighted by atomic mass is 10.3. The number of carboxylic acid groups (broad SMARTS) is 1. The van der Waals surface area contributed by atoms with E-state index in [1.807, 2.05) is 0 Å². The van der Waals surface area contributed by atoms with Crippen molar-refractivity contribution in [1.29, 1.82) is 0 Å². The zero-order chi connectivity index (χ0) is 15.8. The maximum atomic E-state index is 12.2. The number of carbonyl (C=O) groups is 1. The first-order chi connectivity index (χ1) is 9.70. The van der Waals surface area contributed by atoms with Gasteiger partial charge in [-0.3, -0.25) is 4.72 Å². The predicted molar refractivity (Wildman–Crippen MR) is 86.2 cm³/mol. The molecule has 10 heteroatoms. The van der Waals surface area contributed by atoms with Crippen LogP contribution in [-0.2, 0) is 10.0 Å². The third-order valence-corrected chi connectivity index (χ3v) is 5.79. The normalized spacial score (nSPS) is 11.4. The number of carboxylic acids is 1. The van der Waals surface area contributed by atoms with Crippen LogP contribution in [0.2, 0.25) is 10.0 Å². The van der Waals surface area contributed by atoms with E-state index >= 15 is 0 Å². The third-order valence-electron chi connectivity index (χ3n) is 2.34. The quantitative estimate of drug-likeness (QED) is 0.756. The standard InChI is InChI=1S/C11H6BrCl2NO4S2/c12-5-1-7(13)10(8(14)2-5)15-21(18,19)6-3-9(11(16)17)20-4-6/h1-4,15H,(H,16,17). The Balaban J connectivity index is 2.40. The Morgan fingerprint density at radius 2 is 1.81 bits per heavy atom. The van der Waals surface area contributed by atoms with Crippen LogP contribution >= 0.6 is 50.5 Å². The second-order valence-corrected chi connectivity index (χ2v) is 8.13. The van der Waals surface area contributed by atoms with Gasteiger partial charge in [0.25, 0.3) is 10.0 Å². The van der Waals surface area contributed by atoms with Gasteiger partial charge in [-0.2, -0.15) is 0 Å². The van der Waals surface area contributed by atoms with Crippen molar-refractivity contribution in [2.24, 2.45) is 0 Å². The number of sulfonamides is 1. The van der Waals surface area contributed by atoms with Crippen molar-refractivity contribution in [3.8, 4) is 0 Å². The van der Waals surface area contributed by atoms with Gasteiger partial charge in [0.15, 0.2) is 0 Å². The highest BCUT2D eigenvalue weighted by atomic mass is 79.9. The van der Waals surface area contributed by atoms with Gasteiger partial charge in [-0.25, -0.2) is 13.2 Å². The van der Waals surface area contributed by atoms with Gasteiger partial charge >= 0.3 is 5.97 Å². The minimum atomic E-state index is -3.97. The average molecular weight is 431 g/mol. The number of hydrogen-bond acceptors (Lipinski definition) is 4. The van der Waals surface area contributed by atoms with E-state index in [1.54, 1.807) is 0 Å². The second kappa shape index (κ2) is 6.13. The summed E-state index contributed by atoms with van der Waals surface area (Å²) >= 11 is 15.9. The first-order valence-electron chi connectivity index (χ1n) is 5.20. The molecular formula is C11H6BrCl2NO4S2. The summed E-state index contributed by atoms with van der Waals surface area (Å²) in [5, 5.41) is 10.3. The van der Waals surface area contributed by atoms with Crippen LogP contribution in [0.4, 0.5) is 5.69 Å². The number of anilines is 1. The van der Waals surface area contributed by atoms with E-state index in [0.29, 0.717) is 4.47 Å². The minimum Gasteiger partial charge on any atom is -0.477 e. The van der Waals surface area contributed by atoms with E-state index in [2.05, 4.69) is 20.7 Å². The zero-order valence-electron chi connectivity index (χ0n) is 9.93. The van der Waals surface area contributed by atoms with E-state index < -0.39 is 16.0 Å². The number of benzene rings is 1. The number of rotatable bonds is 4. The van der Waals surface area contributed by atoms with Gasteiger partial charge < -0.3 is 5.11 Å². The summed E-state index contributed by atoms with van der Waals surface area (Å²) in [7, 11) is -3.97. The molecule has 0 unspecified atom stereocenters. The monoisotopic (exact) mass is 429 g/mol. The van der Waals surface area contributed by atoms with Crippen LogP contribution in [0.25, 0.3) is 0 Å². The predicted octanol–water partition coefficient (Wildman–Crippen LogP) is 4.32. The fourth-order valence-electron chi connectivity index (χ4n) is 1.40. The maximum Gasteiger partial charge on any atom is 0.345 e. The van der Waals surface area contributed by atoms with E-state index in [4.69, 9.17) is 28.3 Å². The van der Waals surface area contributed by atoms with Crippen LogP contribution in [0.3, 0.4) is 0 Å². The molecule has 2 N–H and O–H groups in total. The Bertz CT molecular complexity index is 796. The van der Waals surface area contributed by atoms with Gasteiger partial charge in [-0.1, -0.05) is 39.1 Å². The molecule has 21 heavy (non-hydrogen) atoms. The van der Waals surface area contributed by atoms with Gasteiger partial charge in [-0.05, 0) is 18.2 Å². The first kappa shape index (κ1) is 16.6. The van der Waals surface area contributed by atoms with Crippen LogP contribution in [0.5, 0.6) is 0 Å². The molecular weight excluding hydrogens is 425 g/mol. The Hall–Kier alpha value is -0.800. The molecule has 0 aliphatic heterocycles. The van der Waals surface area contributed by atoms with Crippen molar-refractivity contribution in [2.45, 2.75) is 4.90 Å². The molecule has 0 aliphatic carbocycles. The highest BCUT2D eigenvalue weighted by Crippen LogP contribution is 2.35. The maximum absolute atomic E-state index is 12.2. The molecule has 0 radical (unpaired) electrons. The lowest BCUT2D eigenvalue weighted by Gasteiger charge is -2.10. The zero-order valence-corrected chi connectivity index (χ0v) is 14.7. The number of hydrogen-bond donors (Lipinski definition) is 2. The lowest BCUT2D eigenvalue weighted by molar-refractivity contribution is 0.0702. The summed E-state index contributed by atoms with van der Waals surface area (Å²) in [4.78, 5) is 10.5. The largest absolute Gasteiger partial charge is 0.477 e. The minimum absolute atomic E-state index is 0.0320. The summed E-state index contributed by atoms with van der Waals surface area (Å²) in [5.41, 5.74) is 0.0320. The molecule has 1 heterocycles. The summed E-state index contributed by atoms with van der Waals surface area (Å²) in [5.74, 6) is -1.19. The van der Waals surface area contributed by atoms with Gasteiger partial charge in [-0.15, -0.1) is 11.3 Å². The van der Waals surface area contributed by atoms with Gasteiger partial charge in [0.1, 0.15) is 4.88 Å². The topological polar surface area (TPSA) is 83.5 Å². The summed E-state index contributed by atoms with van der Waals surface area (Å²) in [6.07, 6.45) is 0. The molecule has 0 amide bonds. The SMILES string of the molecule is O=C(O)c1cc(S(=O)(=O)Nc2c(Cl)cc(Br)cc2Cl)cs1. The van der Waals surface area contributed by atoms with Crippen molar-refractivity contribution >= 4 is 72.1 Å². The third kappa shape index (κ3) is 3.70. The summed E-state index contributed by atoms with van der Waals surface area (Å²) in [6, 6.07) is 4.04. The number of thiophene rings is 1. The Morgan fingerprint density at radius 3 is 2.29 bits per heavy atom. The Kier molecular flexibility index (Phi) is 4.84. The first-order valence-corrected chi connectivity index (χ1v) is 9.11. The lowest BCUT2D eigenvalue weighted by Crippen LogP contribution is -2.13. The van der Waals surface area contributed by atoms with Crippen molar-refractivity contribution < 1.29 is 18.3 Å². The van der Waals surface area contributed by atoms with Gasteiger partial charge in [0.2, 0.25) is 0 Å². The van der Waals surface area contributed by atoms with Crippen molar-refractivity contribution in [2.75, 3.05) is 4.72 Å². The van der Waals surface area contributed by atoms with E-state index in [0.717, 1.165) is 17.4 Å². The summed E-state index contributed by atoms with van der Waals surface area (Å²) < 4.78 is 27.3. The molecule has 0 saturated carbocycles. The number of halogens is 3. The molecule has 0 bridgehead atoms. The molecule has 0 fully saturated rings.